The number of rotatable bonds is 8. The van der Waals surface area contributed by atoms with E-state index >= 15 is 0 Å². The lowest BCUT2D eigenvalue weighted by Gasteiger charge is -2.36. The summed E-state index contributed by atoms with van der Waals surface area (Å²) >= 11 is 1.33. The highest BCUT2D eigenvalue weighted by Crippen LogP contribution is 2.20. The molecule has 1 aromatic carbocycles. The highest BCUT2D eigenvalue weighted by molar-refractivity contribution is 7.12. The van der Waals surface area contributed by atoms with E-state index in [2.05, 4.69) is 10.2 Å². The van der Waals surface area contributed by atoms with Gasteiger partial charge in [-0.2, -0.15) is 0 Å². The van der Waals surface area contributed by atoms with Crippen molar-refractivity contribution in [3.05, 3.63) is 46.7 Å². The molecule has 0 spiro atoms. The summed E-state index contributed by atoms with van der Waals surface area (Å²) in [4.78, 5) is 40.4. The third-order valence-corrected chi connectivity index (χ3v) is 5.65. The Labute approximate surface area is 179 Å². The molecule has 2 amide bonds. The zero-order chi connectivity index (χ0) is 21.3. The van der Waals surface area contributed by atoms with E-state index in [0.717, 1.165) is 11.4 Å². The molecule has 0 saturated carbocycles. The van der Waals surface area contributed by atoms with E-state index in [9.17, 15) is 14.4 Å². The predicted molar refractivity (Wildman–Crippen MR) is 114 cm³/mol. The number of methoxy groups -OCH3 is 1. The maximum absolute atomic E-state index is 12.3. The molecule has 1 saturated heterocycles. The van der Waals surface area contributed by atoms with Crippen LogP contribution in [0.2, 0.25) is 0 Å². The fourth-order valence-electron chi connectivity index (χ4n) is 3.09. The Morgan fingerprint density at radius 3 is 2.43 bits per heavy atom. The molecule has 0 radical (unpaired) electrons. The molecule has 2 heterocycles. The van der Waals surface area contributed by atoms with Gasteiger partial charge in [0.15, 0.2) is 6.61 Å². The van der Waals surface area contributed by atoms with Gasteiger partial charge in [0.2, 0.25) is 0 Å². The summed E-state index contributed by atoms with van der Waals surface area (Å²) < 4.78 is 10.2. The number of benzene rings is 1. The van der Waals surface area contributed by atoms with Crippen LogP contribution in [0, 0.1) is 0 Å². The molecular weight excluding hydrogens is 406 g/mol. The minimum Gasteiger partial charge on any atom is -0.497 e. The molecule has 1 fully saturated rings. The minimum atomic E-state index is -0.508. The third-order valence-electron chi connectivity index (χ3n) is 4.79. The molecule has 3 rings (SSSR count). The lowest BCUT2D eigenvalue weighted by molar-refractivity contribution is -0.152. The molecule has 0 unspecified atom stereocenters. The van der Waals surface area contributed by atoms with Crippen molar-refractivity contribution in [1.82, 2.24) is 10.2 Å². The lowest BCUT2D eigenvalue weighted by Crippen LogP contribution is -2.49. The first-order valence-corrected chi connectivity index (χ1v) is 10.6. The van der Waals surface area contributed by atoms with Gasteiger partial charge in [-0.05, 0) is 35.7 Å². The summed E-state index contributed by atoms with van der Waals surface area (Å²) in [6.45, 7) is 2.45. The average molecular weight is 432 g/mol. The van der Waals surface area contributed by atoms with Crippen LogP contribution in [0.3, 0.4) is 0 Å². The number of hydrogen-bond acceptors (Lipinski definition) is 7. The molecular formula is C21H25N3O5S. The topological polar surface area (TPSA) is 88.2 Å². The lowest BCUT2D eigenvalue weighted by atomic mass is 10.2. The Morgan fingerprint density at radius 2 is 1.80 bits per heavy atom. The first-order valence-electron chi connectivity index (χ1n) is 9.71. The van der Waals surface area contributed by atoms with Crippen molar-refractivity contribution in [2.24, 2.45) is 0 Å². The summed E-state index contributed by atoms with van der Waals surface area (Å²) in [5, 5.41) is 4.47. The fourth-order valence-corrected chi connectivity index (χ4v) is 3.73. The number of thiophene rings is 1. The van der Waals surface area contributed by atoms with Crippen LogP contribution in [0.15, 0.2) is 41.8 Å². The number of nitrogens with one attached hydrogen (secondary N) is 1. The van der Waals surface area contributed by atoms with Gasteiger partial charge in [-0.3, -0.25) is 14.4 Å². The minimum absolute atomic E-state index is 0.0235. The zero-order valence-corrected chi connectivity index (χ0v) is 17.7. The molecule has 1 N–H and O–H groups in total. The number of piperazine rings is 1. The van der Waals surface area contributed by atoms with Crippen molar-refractivity contribution in [2.75, 3.05) is 51.3 Å². The van der Waals surface area contributed by atoms with Gasteiger partial charge in [-0.15, -0.1) is 11.3 Å². The molecule has 0 aliphatic carbocycles. The van der Waals surface area contributed by atoms with E-state index in [4.69, 9.17) is 9.47 Å². The number of carbonyl (C=O) groups excluding carboxylic acids is 3. The normalized spacial score (nSPS) is 13.6. The number of esters is 1. The Balaban J connectivity index is 1.33. The predicted octanol–water partition coefficient (Wildman–Crippen LogP) is 1.77. The van der Waals surface area contributed by atoms with E-state index in [-0.39, 0.29) is 31.4 Å². The monoisotopic (exact) mass is 431 g/mol. The van der Waals surface area contributed by atoms with Gasteiger partial charge < -0.3 is 24.6 Å². The van der Waals surface area contributed by atoms with Crippen LogP contribution in [0.5, 0.6) is 5.75 Å². The molecule has 0 atom stereocenters. The number of nitrogens with zero attached hydrogens (tertiary/aromatic N) is 2. The fraction of sp³-hybridized carbons (Fsp3) is 0.381. The van der Waals surface area contributed by atoms with Crippen LogP contribution in [-0.2, 0) is 14.3 Å². The van der Waals surface area contributed by atoms with Crippen LogP contribution >= 0.6 is 11.3 Å². The molecule has 160 valence electrons. The average Bonchev–Trinajstić information content (AvgIpc) is 3.33. The van der Waals surface area contributed by atoms with Gasteiger partial charge in [-0.1, -0.05) is 6.07 Å². The molecule has 2 aromatic rings. The van der Waals surface area contributed by atoms with Crippen molar-refractivity contribution in [3.8, 4) is 5.75 Å². The van der Waals surface area contributed by atoms with Crippen molar-refractivity contribution in [2.45, 2.75) is 6.42 Å². The van der Waals surface area contributed by atoms with Crippen LogP contribution in [0.25, 0.3) is 0 Å². The second kappa shape index (κ2) is 10.6. The van der Waals surface area contributed by atoms with E-state index in [0.29, 0.717) is 31.1 Å². The van der Waals surface area contributed by atoms with E-state index in [1.807, 2.05) is 29.6 Å². The van der Waals surface area contributed by atoms with Crippen molar-refractivity contribution in [3.63, 3.8) is 0 Å². The summed E-state index contributed by atoms with van der Waals surface area (Å²) in [6.07, 6.45) is 0.0235. The zero-order valence-electron chi connectivity index (χ0n) is 16.8. The molecule has 1 aromatic heterocycles. The number of amides is 2. The summed E-state index contributed by atoms with van der Waals surface area (Å²) in [5.41, 5.74) is 1.08. The summed E-state index contributed by atoms with van der Waals surface area (Å²) in [6, 6.07) is 11.3. The van der Waals surface area contributed by atoms with Gasteiger partial charge in [0, 0.05) is 38.4 Å². The molecule has 8 nitrogen and oxygen atoms in total. The number of carbonyl (C=O) groups is 3. The SMILES string of the molecule is COc1ccc(N2CCN(C(=O)COC(=O)CCNC(=O)c3cccs3)CC2)cc1. The van der Waals surface area contributed by atoms with Crippen molar-refractivity contribution < 1.29 is 23.9 Å². The Hall–Kier alpha value is -3.07. The van der Waals surface area contributed by atoms with Crippen LogP contribution in [0.4, 0.5) is 5.69 Å². The Kier molecular flexibility index (Phi) is 7.67. The van der Waals surface area contributed by atoms with Gasteiger partial charge in [0.1, 0.15) is 5.75 Å². The Morgan fingerprint density at radius 1 is 1.07 bits per heavy atom. The number of ether oxygens (including phenoxy) is 2. The molecule has 9 heteroatoms. The van der Waals surface area contributed by atoms with Crippen LogP contribution < -0.4 is 15.0 Å². The molecule has 30 heavy (non-hydrogen) atoms. The van der Waals surface area contributed by atoms with Gasteiger partial charge in [0.05, 0.1) is 18.4 Å². The standard InChI is InChI=1S/C21H25N3O5S/c1-28-17-6-4-16(5-7-17)23-10-12-24(13-11-23)19(25)15-29-20(26)8-9-22-21(27)18-3-2-14-30-18/h2-7,14H,8-13,15H2,1H3,(H,22,27). The van der Waals surface area contributed by atoms with E-state index < -0.39 is 5.97 Å². The van der Waals surface area contributed by atoms with Crippen LogP contribution in [-0.4, -0.2) is 69.1 Å². The van der Waals surface area contributed by atoms with E-state index in [1.54, 1.807) is 24.1 Å². The summed E-state index contributed by atoms with van der Waals surface area (Å²) in [7, 11) is 1.63. The molecule has 1 aliphatic heterocycles. The smallest absolute Gasteiger partial charge is 0.308 e. The number of anilines is 1. The molecule has 0 bridgehead atoms. The summed E-state index contributed by atoms with van der Waals surface area (Å²) in [5.74, 6) is -0.129. The number of hydrogen-bond donors (Lipinski definition) is 1. The second-order valence-electron chi connectivity index (χ2n) is 6.71. The highest BCUT2D eigenvalue weighted by Gasteiger charge is 2.22. The quantitative estimate of drug-likeness (QED) is 0.641. The van der Waals surface area contributed by atoms with E-state index in [1.165, 1.54) is 11.3 Å². The highest BCUT2D eigenvalue weighted by atomic mass is 32.1. The maximum atomic E-state index is 12.3. The molecule has 1 aliphatic rings. The van der Waals surface area contributed by atoms with Gasteiger partial charge in [0.25, 0.3) is 11.8 Å². The first-order chi connectivity index (χ1) is 14.6. The third kappa shape index (κ3) is 5.96. The van der Waals surface area contributed by atoms with Crippen molar-refractivity contribution >= 4 is 34.8 Å². The second-order valence-corrected chi connectivity index (χ2v) is 7.66. The van der Waals surface area contributed by atoms with Crippen molar-refractivity contribution in [1.29, 1.82) is 0 Å². The first kappa shape index (κ1) is 21.6. The largest absolute Gasteiger partial charge is 0.497 e. The van der Waals surface area contributed by atoms with Gasteiger partial charge in [-0.25, -0.2) is 0 Å². The Bertz CT molecular complexity index is 846. The van der Waals surface area contributed by atoms with Crippen LogP contribution in [0.1, 0.15) is 16.1 Å². The van der Waals surface area contributed by atoms with Gasteiger partial charge >= 0.3 is 5.97 Å². The maximum Gasteiger partial charge on any atom is 0.308 e.